The van der Waals surface area contributed by atoms with Crippen molar-refractivity contribution in [3.05, 3.63) is 24.0 Å². The van der Waals surface area contributed by atoms with Gasteiger partial charge < -0.3 is 10.8 Å². The number of nitrogens with two attached hydrogens (primary N) is 1. The fourth-order valence-electron chi connectivity index (χ4n) is 2.54. The van der Waals surface area contributed by atoms with Gasteiger partial charge in [0, 0.05) is 7.05 Å². The molecule has 1 aliphatic carbocycles. The zero-order valence-electron chi connectivity index (χ0n) is 11.3. The van der Waals surface area contributed by atoms with Crippen LogP contribution in [0.25, 0.3) is 0 Å². The number of nitrogens with zero attached hydrogens (tertiary/aromatic N) is 1. The predicted octanol–water partition coefficient (Wildman–Crippen LogP) is 1.33. The van der Waals surface area contributed by atoms with Crippen LogP contribution in [0.4, 0.5) is 10.1 Å². The van der Waals surface area contributed by atoms with E-state index in [4.69, 9.17) is 5.73 Å². The normalized spacial score (nSPS) is 24.0. The lowest BCUT2D eigenvalue weighted by Gasteiger charge is -2.34. The smallest absolute Gasteiger partial charge is 0.243 e. The van der Waals surface area contributed by atoms with Gasteiger partial charge in [0.1, 0.15) is 5.82 Å². The molecular formula is C13H19FN2O3S. The highest BCUT2D eigenvalue weighted by Gasteiger charge is 2.34. The number of likely N-dealkylation sites (N-methyl/N-ethyl adjacent to an activating group) is 1. The lowest BCUT2D eigenvalue weighted by atomic mass is 9.93. The quantitative estimate of drug-likeness (QED) is 0.825. The van der Waals surface area contributed by atoms with Crippen LogP contribution in [0.2, 0.25) is 0 Å². The Bertz CT molecular complexity index is 591. The summed E-state index contributed by atoms with van der Waals surface area (Å²) in [6.07, 6.45) is 2.33. The molecule has 0 aromatic heterocycles. The Hall–Kier alpha value is -1.18. The van der Waals surface area contributed by atoms with Crippen LogP contribution >= 0.6 is 0 Å². The molecule has 0 heterocycles. The van der Waals surface area contributed by atoms with Crippen LogP contribution in [0.15, 0.2) is 23.1 Å². The van der Waals surface area contributed by atoms with Gasteiger partial charge in [-0.1, -0.05) is 12.8 Å². The molecule has 2 unspecified atom stereocenters. The molecular weight excluding hydrogens is 283 g/mol. The molecule has 20 heavy (non-hydrogen) atoms. The number of hydrogen-bond acceptors (Lipinski definition) is 4. The fourth-order valence-corrected chi connectivity index (χ4v) is 3.99. The van der Waals surface area contributed by atoms with Crippen LogP contribution in [-0.2, 0) is 10.0 Å². The number of sulfonamides is 1. The third kappa shape index (κ3) is 2.79. The zero-order valence-corrected chi connectivity index (χ0v) is 12.1. The van der Waals surface area contributed by atoms with E-state index in [1.165, 1.54) is 17.4 Å². The average Bonchev–Trinajstić information content (AvgIpc) is 2.41. The van der Waals surface area contributed by atoms with Gasteiger partial charge in [-0.05, 0) is 31.0 Å². The molecule has 7 heteroatoms. The lowest BCUT2D eigenvalue weighted by molar-refractivity contribution is 0.0638. The molecule has 5 nitrogen and oxygen atoms in total. The Labute approximate surface area is 118 Å². The summed E-state index contributed by atoms with van der Waals surface area (Å²) in [7, 11) is -2.35. The van der Waals surface area contributed by atoms with Gasteiger partial charge in [-0.15, -0.1) is 0 Å². The van der Waals surface area contributed by atoms with Crippen molar-refractivity contribution in [1.29, 1.82) is 0 Å². The standard InChI is InChI=1S/C13H19FN2O3S/c1-16(12-4-2-3-5-13(12)17)20(18,19)9-6-7-10(14)11(15)8-9/h6-8,12-13,17H,2-5,15H2,1H3. The molecule has 1 aliphatic rings. The molecule has 0 saturated heterocycles. The minimum atomic E-state index is -3.78. The number of benzene rings is 1. The van der Waals surface area contributed by atoms with Gasteiger partial charge in [0.2, 0.25) is 10.0 Å². The van der Waals surface area contributed by atoms with Crippen molar-refractivity contribution >= 4 is 15.7 Å². The topological polar surface area (TPSA) is 83.6 Å². The number of aliphatic hydroxyl groups excluding tert-OH is 1. The Morgan fingerprint density at radius 2 is 2.00 bits per heavy atom. The van der Waals surface area contributed by atoms with Crippen LogP contribution in [-0.4, -0.2) is 37.0 Å². The molecule has 1 fully saturated rings. The molecule has 2 rings (SSSR count). The predicted molar refractivity (Wildman–Crippen MR) is 74.0 cm³/mol. The van der Waals surface area contributed by atoms with E-state index in [1.54, 1.807) is 0 Å². The molecule has 0 amide bonds. The highest BCUT2D eigenvalue weighted by atomic mass is 32.2. The van der Waals surface area contributed by atoms with Crippen molar-refractivity contribution in [3.8, 4) is 0 Å². The monoisotopic (exact) mass is 302 g/mol. The average molecular weight is 302 g/mol. The fraction of sp³-hybridized carbons (Fsp3) is 0.538. The second kappa shape index (κ2) is 5.67. The first kappa shape index (κ1) is 15.2. The van der Waals surface area contributed by atoms with Crippen LogP contribution in [0.1, 0.15) is 25.7 Å². The number of aliphatic hydroxyl groups is 1. The first-order chi connectivity index (χ1) is 9.34. The molecule has 0 spiro atoms. The largest absolute Gasteiger partial charge is 0.396 e. The second-order valence-corrected chi connectivity index (χ2v) is 7.12. The van der Waals surface area contributed by atoms with E-state index in [-0.39, 0.29) is 10.6 Å². The Kier molecular flexibility index (Phi) is 4.31. The van der Waals surface area contributed by atoms with Gasteiger partial charge in [0.05, 0.1) is 22.7 Å². The van der Waals surface area contributed by atoms with E-state index in [0.717, 1.165) is 25.0 Å². The Balaban J connectivity index is 2.31. The van der Waals surface area contributed by atoms with E-state index < -0.39 is 28.0 Å². The van der Waals surface area contributed by atoms with Crippen molar-refractivity contribution in [2.45, 2.75) is 42.7 Å². The molecule has 112 valence electrons. The summed E-state index contributed by atoms with van der Waals surface area (Å²) >= 11 is 0. The SMILES string of the molecule is CN(C1CCCCC1O)S(=O)(=O)c1ccc(F)c(N)c1. The molecule has 1 saturated carbocycles. The molecule has 2 atom stereocenters. The van der Waals surface area contributed by atoms with E-state index in [2.05, 4.69) is 0 Å². The van der Waals surface area contributed by atoms with Gasteiger partial charge in [0.15, 0.2) is 0 Å². The maximum atomic E-state index is 13.1. The number of hydrogen-bond donors (Lipinski definition) is 2. The molecule has 0 aliphatic heterocycles. The Morgan fingerprint density at radius 3 is 2.60 bits per heavy atom. The molecule has 0 bridgehead atoms. The van der Waals surface area contributed by atoms with Crippen LogP contribution in [0.5, 0.6) is 0 Å². The molecule has 0 radical (unpaired) electrons. The number of halogens is 1. The Morgan fingerprint density at radius 1 is 1.35 bits per heavy atom. The summed E-state index contributed by atoms with van der Waals surface area (Å²) in [5.74, 6) is -0.649. The summed E-state index contributed by atoms with van der Waals surface area (Å²) in [5.41, 5.74) is 5.21. The van der Waals surface area contributed by atoms with Crippen LogP contribution in [0, 0.1) is 5.82 Å². The van der Waals surface area contributed by atoms with Gasteiger partial charge in [0.25, 0.3) is 0 Å². The van der Waals surface area contributed by atoms with Gasteiger partial charge in [-0.2, -0.15) is 4.31 Å². The number of nitrogen functional groups attached to an aromatic ring is 1. The summed E-state index contributed by atoms with van der Waals surface area (Å²) < 4.78 is 39.3. The van der Waals surface area contributed by atoms with Crippen molar-refractivity contribution in [3.63, 3.8) is 0 Å². The third-order valence-electron chi connectivity index (χ3n) is 3.81. The van der Waals surface area contributed by atoms with Crippen LogP contribution in [0.3, 0.4) is 0 Å². The first-order valence-electron chi connectivity index (χ1n) is 6.55. The van der Waals surface area contributed by atoms with Gasteiger partial charge in [-0.3, -0.25) is 0 Å². The summed E-state index contributed by atoms with van der Waals surface area (Å²) in [5, 5.41) is 9.96. The number of anilines is 1. The van der Waals surface area contributed by atoms with E-state index >= 15 is 0 Å². The summed E-state index contributed by atoms with van der Waals surface area (Å²) in [6.45, 7) is 0. The third-order valence-corrected chi connectivity index (χ3v) is 5.68. The van der Waals surface area contributed by atoms with E-state index in [0.29, 0.717) is 12.8 Å². The summed E-state index contributed by atoms with van der Waals surface area (Å²) in [6, 6.07) is 2.89. The van der Waals surface area contributed by atoms with E-state index in [1.807, 2.05) is 0 Å². The van der Waals surface area contributed by atoms with Crippen molar-refractivity contribution in [1.82, 2.24) is 4.31 Å². The summed E-state index contributed by atoms with van der Waals surface area (Å²) in [4.78, 5) is -0.0586. The highest BCUT2D eigenvalue weighted by Crippen LogP contribution is 2.27. The van der Waals surface area contributed by atoms with Crippen molar-refractivity contribution < 1.29 is 17.9 Å². The molecule has 3 N–H and O–H groups in total. The van der Waals surface area contributed by atoms with Crippen LogP contribution < -0.4 is 5.73 Å². The zero-order chi connectivity index (χ0) is 14.9. The minimum absolute atomic E-state index is 0.0586. The first-order valence-corrected chi connectivity index (χ1v) is 7.99. The minimum Gasteiger partial charge on any atom is -0.396 e. The van der Waals surface area contributed by atoms with E-state index in [9.17, 15) is 17.9 Å². The molecule has 1 aromatic carbocycles. The van der Waals surface area contributed by atoms with Crippen molar-refractivity contribution in [2.75, 3.05) is 12.8 Å². The molecule has 1 aromatic rings. The maximum absolute atomic E-state index is 13.1. The van der Waals surface area contributed by atoms with Crippen molar-refractivity contribution in [2.24, 2.45) is 0 Å². The number of rotatable bonds is 3. The van der Waals surface area contributed by atoms with Gasteiger partial charge >= 0.3 is 0 Å². The second-order valence-electron chi connectivity index (χ2n) is 5.12. The lowest BCUT2D eigenvalue weighted by Crippen LogP contribution is -2.46. The highest BCUT2D eigenvalue weighted by molar-refractivity contribution is 7.89. The maximum Gasteiger partial charge on any atom is 0.243 e. The van der Waals surface area contributed by atoms with Gasteiger partial charge in [-0.25, -0.2) is 12.8 Å².